The van der Waals surface area contributed by atoms with Crippen molar-refractivity contribution < 1.29 is 9.18 Å². The number of benzene rings is 1. The number of carbonyl (C=O) groups is 1. The van der Waals surface area contributed by atoms with E-state index < -0.39 is 0 Å². The molecule has 0 saturated heterocycles. The summed E-state index contributed by atoms with van der Waals surface area (Å²) in [6, 6.07) is 6.61. The zero-order valence-electron chi connectivity index (χ0n) is 12.7. The lowest BCUT2D eigenvalue weighted by Crippen LogP contribution is -2.43. The highest BCUT2D eigenvalue weighted by Gasteiger charge is 2.34. The Balaban J connectivity index is 2.10. The Labute approximate surface area is 126 Å². The van der Waals surface area contributed by atoms with Crippen LogP contribution in [-0.4, -0.2) is 18.5 Å². The molecule has 0 heterocycles. The van der Waals surface area contributed by atoms with Crippen LogP contribution in [0, 0.1) is 5.82 Å². The molecule has 0 bridgehead atoms. The van der Waals surface area contributed by atoms with Gasteiger partial charge in [-0.25, -0.2) is 4.39 Å². The molecule has 0 spiro atoms. The van der Waals surface area contributed by atoms with E-state index in [1.807, 2.05) is 19.1 Å². The van der Waals surface area contributed by atoms with E-state index in [1.54, 1.807) is 0 Å². The third-order valence-electron chi connectivity index (χ3n) is 4.40. The fraction of sp³-hybridized carbons (Fsp3) is 0.588. The molecule has 3 nitrogen and oxygen atoms in total. The van der Waals surface area contributed by atoms with Gasteiger partial charge in [-0.05, 0) is 37.5 Å². The summed E-state index contributed by atoms with van der Waals surface area (Å²) >= 11 is 0. The van der Waals surface area contributed by atoms with E-state index in [1.165, 1.54) is 18.6 Å². The van der Waals surface area contributed by atoms with Crippen molar-refractivity contribution in [3.05, 3.63) is 35.6 Å². The van der Waals surface area contributed by atoms with Gasteiger partial charge < -0.3 is 11.1 Å². The summed E-state index contributed by atoms with van der Waals surface area (Å²) in [7, 11) is 0. The van der Waals surface area contributed by atoms with Gasteiger partial charge in [0, 0.05) is 24.4 Å². The summed E-state index contributed by atoms with van der Waals surface area (Å²) in [6.45, 7) is 2.44. The van der Waals surface area contributed by atoms with Crippen molar-refractivity contribution in [2.75, 3.05) is 6.54 Å². The van der Waals surface area contributed by atoms with E-state index in [0.29, 0.717) is 13.0 Å². The first kappa shape index (κ1) is 16.0. The van der Waals surface area contributed by atoms with Crippen LogP contribution in [0.15, 0.2) is 24.3 Å². The molecule has 1 fully saturated rings. The fourth-order valence-electron chi connectivity index (χ4n) is 3.23. The Kier molecular flexibility index (Phi) is 5.34. The van der Waals surface area contributed by atoms with Gasteiger partial charge in [0.15, 0.2) is 0 Å². The monoisotopic (exact) mass is 292 g/mol. The average molecular weight is 292 g/mol. The van der Waals surface area contributed by atoms with Crippen molar-refractivity contribution in [2.24, 2.45) is 5.73 Å². The van der Waals surface area contributed by atoms with Crippen LogP contribution in [0.2, 0.25) is 0 Å². The molecule has 1 unspecified atom stereocenters. The highest BCUT2D eigenvalue weighted by atomic mass is 19.1. The molecule has 116 valence electrons. The van der Waals surface area contributed by atoms with Crippen LogP contribution in [-0.2, 0) is 10.2 Å². The van der Waals surface area contributed by atoms with E-state index >= 15 is 0 Å². The Morgan fingerprint density at radius 1 is 1.29 bits per heavy atom. The van der Waals surface area contributed by atoms with Crippen LogP contribution >= 0.6 is 0 Å². The van der Waals surface area contributed by atoms with Crippen LogP contribution in [0.1, 0.15) is 51.0 Å². The number of rotatable bonds is 5. The first-order valence-corrected chi connectivity index (χ1v) is 7.80. The lowest BCUT2D eigenvalue weighted by molar-refractivity contribution is -0.121. The Morgan fingerprint density at radius 2 is 1.90 bits per heavy atom. The number of hydrogen-bond acceptors (Lipinski definition) is 2. The van der Waals surface area contributed by atoms with Crippen molar-refractivity contribution in [3.63, 3.8) is 0 Å². The molecular weight excluding hydrogens is 267 g/mol. The molecule has 1 amide bonds. The van der Waals surface area contributed by atoms with Gasteiger partial charge >= 0.3 is 0 Å². The summed E-state index contributed by atoms with van der Waals surface area (Å²) in [5.41, 5.74) is 6.73. The summed E-state index contributed by atoms with van der Waals surface area (Å²) in [5.74, 6) is -0.220. The highest BCUT2D eigenvalue weighted by molar-refractivity contribution is 5.76. The predicted molar refractivity (Wildman–Crippen MR) is 82.4 cm³/mol. The first-order valence-electron chi connectivity index (χ1n) is 7.80. The van der Waals surface area contributed by atoms with Gasteiger partial charge in [-0.15, -0.1) is 0 Å². The molecule has 2 rings (SSSR count). The lowest BCUT2D eigenvalue weighted by Gasteiger charge is -2.38. The van der Waals surface area contributed by atoms with Crippen LogP contribution < -0.4 is 11.1 Å². The number of carbonyl (C=O) groups excluding carboxylic acids is 1. The Morgan fingerprint density at radius 3 is 2.48 bits per heavy atom. The van der Waals surface area contributed by atoms with E-state index in [0.717, 1.165) is 31.2 Å². The predicted octanol–water partition coefficient (Wildman–Crippen LogP) is 2.88. The smallest absolute Gasteiger partial charge is 0.221 e. The Hall–Kier alpha value is -1.42. The molecule has 1 aromatic rings. The maximum atomic E-state index is 13.2. The summed E-state index contributed by atoms with van der Waals surface area (Å²) in [6.07, 6.45) is 5.96. The minimum absolute atomic E-state index is 0.00272. The van der Waals surface area contributed by atoms with Gasteiger partial charge in [0.05, 0.1) is 0 Å². The minimum atomic E-state index is -0.217. The van der Waals surface area contributed by atoms with Crippen molar-refractivity contribution in [3.8, 4) is 0 Å². The molecule has 1 saturated carbocycles. The zero-order chi connectivity index (χ0) is 15.3. The Bertz CT molecular complexity index is 464. The topological polar surface area (TPSA) is 55.1 Å². The normalized spacial score (nSPS) is 19.0. The van der Waals surface area contributed by atoms with Crippen LogP contribution in [0.4, 0.5) is 4.39 Å². The van der Waals surface area contributed by atoms with E-state index in [4.69, 9.17) is 5.73 Å². The standard InChI is InChI=1S/C17H25FN2O/c1-13(19)11-16(21)20-12-17(9-3-2-4-10-17)14-5-7-15(18)8-6-14/h5-8,13H,2-4,9-12,19H2,1H3,(H,20,21). The quantitative estimate of drug-likeness (QED) is 0.876. The van der Waals surface area contributed by atoms with Crippen LogP contribution in [0.25, 0.3) is 0 Å². The lowest BCUT2D eigenvalue weighted by atomic mass is 9.69. The third-order valence-corrected chi connectivity index (χ3v) is 4.40. The van der Waals surface area contributed by atoms with Gasteiger partial charge in [0.2, 0.25) is 5.91 Å². The minimum Gasteiger partial charge on any atom is -0.355 e. The number of amides is 1. The summed E-state index contributed by atoms with van der Waals surface area (Å²) in [5, 5.41) is 3.02. The van der Waals surface area contributed by atoms with Crippen molar-refractivity contribution in [1.29, 1.82) is 0 Å². The molecular formula is C17H25FN2O. The molecule has 1 atom stereocenters. The largest absolute Gasteiger partial charge is 0.355 e. The van der Waals surface area contributed by atoms with E-state index in [2.05, 4.69) is 5.32 Å². The molecule has 0 aliphatic heterocycles. The molecule has 1 aliphatic rings. The molecule has 21 heavy (non-hydrogen) atoms. The number of halogens is 1. The molecule has 0 aromatic heterocycles. The fourth-order valence-corrected chi connectivity index (χ4v) is 3.23. The van der Waals surface area contributed by atoms with E-state index in [-0.39, 0.29) is 23.2 Å². The van der Waals surface area contributed by atoms with Crippen molar-refractivity contribution >= 4 is 5.91 Å². The zero-order valence-corrected chi connectivity index (χ0v) is 12.7. The van der Waals surface area contributed by atoms with Gasteiger partial charge in [-0.3, -0.25) is 4.79 Å². The van der Waals surface area contributed by atoms with Gasteiger partial charge in [-0.2, -0.15) is 0 Å². The van der Waals surface area contributed by atoms with Crippen molar-refractivity contribution in [2.45, 2.75) is 56.9 Å². The number of hydrogen-bond donors (Lipinski definition) is 2. The average Bonchev–Trinajstić information content (AvgIpc) is 2.46. The third kappa shape index (κ3) is 4.27. The maximum absolute atomic E-state index is 13.2. The molecule has 1 aromatic carbocycles. The summed E-state index contributed by atoms with van der Waals surface area (Å²) in [4.78, 5) is 11.9. The number of nitrogens with two attached hydrogens (primary N) is 1. The van der Waals surface area contributed by atoms with Gasteiger partial charge in [0.1, 0.15) is 5.82 Å². The summed E-state index contributed by atoms with van der Waals surface area (Å²) < 4.78 is 13.2. The first-order chi connectivity index (χ1) is 10.0. The van der Waals surface area contributed by atoms with Crippen LogP contribution in [0.5, 0.6) is 0 Å². The van der Waals surface area contributed by atoms with Crippen LogP contribution in [0.3, 0.4) is 0 Å². The second kappa shape index (κ2) is 7.03. The van der Waals surface area contributed by atoms with Gasteiger partial charge in [-0.1, -0.05) is 31.4 Å². The SMILES string of the molecule is CC(N)CC(=O)NCC1(c2ccc(F)cc2)CCCCC1. The van der Waals surface area contributed by atoms with E-state index in [9.17, 15) is 9.18 Å². The molecule has 1 aliphatic carbocycles. The maximum Gasteiger partial charge on any atom is 0.221 e. The van der Waals surface area contributed by atoms with Crippen molar-refractivity contribution in [1.82, 2.24) is 5.32 Å². The molecule has 3 N–H and O–H groups in total. The molecule has 4 heteroatoms. The number of nitrogens with one attached hydrogen (secondary N) is 1. The highest BCUT2D eigenvalue weighted by Crippen LogP contribution is 2.39. The second-order valence-corrected chi connectivity index (χ2v) is 6.31. The molecule has 0 radical (unpaired) electrons. The van der Waals surface area contributed by atoms with Gasteiger partial charge in [0.25, 0.3) is 0 Å². The second-order valence-electron chi connectivity index (χ2n) is 6.31.